The normalized spacial score (nSPS) is 26.6. The van der Waals surface area contributed by atoms with Gasteiger partial charge < -0.3 is 4.74 Å². The van der Waals surface area contributed by atoms with Crippen molar-refractivity contribution in [3.63, 3.8) is 0 Å². The Morgan fingerprint density at radius 1 is 1.53 bits per heavy atom. The predicted molar refractivity (Wildman–Crippen MR) is 55.2 cm³/mol. The molecule has 2 nitrogen and oxygen atoms in total. The van der Waals surface area contributed by atoms with Gasteiger partial charge in [-0.05, 0) is 6.42 Å². The second kappa shape index (κ2) is 5.50. The Hall–Kier alpha value is 0.190. The zero-order chi connectivity index (χ0) is 11.5. The highest BCUT2D eigenvalue weighted by molar-refractivity contribution is 9.09. The molecule has 1 rings (SSSR count). The van der Waals surface area contributed by atoms with Gasteiger partial charge >= 0.3 is 6.18 Å². The highest BCUT2D eigenvalue weighted by Crippen LogP contribution is 2.28. The van der Waals surface area contributed by atoms with Gasteiger partial charge in [0.05, 0.1) is 13.2 Å². The zero-order valence-electron chi connectivity index (χ0n) is 8.56. The van der Waals surface area contributed by atoms with Crippen molar-refractivity contribution in [2.75, 3.05) is 26.3 Å². The van der Waals surface area contributed by atoms with Crippen molar-refractivity contribution in [1.82, 2.24) is 4.90 Å². The molecule has 0 spiro atoms. The van der Waals surface area contributed by atoms with Gasteiger partial charge in [-0.1, -0.05) is 22.9 Å². The maximum atomic E-state index is 12.3. The molecule has 1 saturated heterocycles. The SMILES string of the molecule is CCC1COCCN1CC(Br)C(F)(F)F. The number of ether oxygens (including phenoxy) is 1. The highest BCUT2D eigenvalue weighted by Gasteiger charge is 2.39. The first-order chi connectivity index (χ1) is 6.95. The van der Waals surface area contributed by atoms with E-state index < -0.39 is 11.0 Å². The first-order valence-corrected chi connectivity index (χ1v) is 5.89. The molecule has 1 heterocycles. The Kier molecular flexibility index (Phi) is 4.86. The van der Waals surface area contributed by atoms with Crippen LogP contribution in [0.3, 0.4) is 0 Å². The molecule has 1 aliphatic rings. The minimum Gasteiger partial charge on any atom is -0.378 e. The van der Waals surface area contributed by atoms with E-state index in [1.165, 1.54) is 0 Å². The maximum absolute atomic E-state index is 12.3. The molecular formula is C9H15BrF3NO. The summed E-state index contributed by atoms with van der Waals surface area (Å²) in [5, 5.41) is 0. The molecule has 2 unspecified atom stereocenters. The molecule has 2 atom stereocenters. The fourth-order valence-electron chi connectivity index (χ4n) is 1.61. The van der Waals surface area contributed by atoms with Gasteiger partial charge in [0, 0.05) is 19.1 Å². The molecule has 1 aliphatic heterocycles. The van der Waals surface area contributed by atoms with Crippen molar-refractivity contribution in [3.05, 3.63) is 0 Å². The Balaban J connectivity index is 2.48. The molecule has 0 bridgehead atoms. The molecule has 1 fully saturated rings. The number of alkyl halides is 4. The van der Waals surface area contributed by atoms with Gasteiger partial charge in [0.25, 0.3) is 0 Å². The van der Waals surface area contributed by atoms with Crippen LogP contribution >= 0.6 is 15.9 Å². The summed E-state index contributed by atoms with van der Waals surface area (Å²) in [4.78, 5) is 0.397. The molecule has 6 heteroatoms. The molecule has 0 aromatic heterocycles. The zero-order valence-corrected chi connectivity index (χ0v) is 10.1. The predicted octanol–water partition coefficient (Wildman–Crippen LogP) is 2.42. The summed E-state index contributed by atoms with van der Waals surface area (Å²) in [7, 11) is 0. The van der Waals surface area contributed by atoms with Crippen molar-refractivity contribution in [2.45, 2.75) is 30.4 Å². The summed E-state index contributed by atoms with van der Waals surface area (Å²) in [6.45, 7) is 3.60. The Morgan fingerprint density at radius 3 is 2.73 bits per heavy atom. The van der Waals surface area contributed by atoms with Crippen LogP contribution in [0.1, 0.15) is 13.3 Å². The third-order valence-corrected chi connectivity index (χ3v) is 3.38. The Labute approximate surface area is 95.9 Å². The van der Waals surface area contributed by atoms with Crippen molar-refractivity contribution in [3.8, 4) is 0 Å². The minimum atomic E-state index is -4.17. The monoisotopic (exact) mass is 289 g/mol. The van der Waals surface area contributed by atoms with Gasteiger partial charge in [-0.15, -0.1) is 0 Å². The van der Waals surface area contributed by atoms with Gasteiger partial charge in [-0.3, -0.25) is 4.90 Å². The van der Waals surface area contributed by atoms with Crippen molar-refractivity contribution in [1.29, 1.82) is 0 Å². The average Bonchev–Trinajstić information content (AvgIpc) is 2.17. The molecular weight excluding hydrogens is 275 g/mol. The Morgan fingerprint density at radius 2 is 2.20 bits per heavy atom. The molecule has 0 aliphatic carbocycles. The minimum absolute atomic E-state index is 0.00532. The summed E-state index contributed by atoms with van der Waals surface area (Å²) in [5.74, 6) is 0. The van der Waals surface area contributed by atoms with Crippen LogP contribution in [0.25, 0.3) is 0 Å². The number of hydrogen-bond acceptors (Lipinski definition) is 2. The number of halogens is 4. The summed E-state index contributed by atoms with van der Waals surface area (Å²) < 4.78 is 42.2. The van der Waals surface area contributed by atoms with Crippen LogP contribution in [-0.4, -0.2) is 48.2 Å². The fourth-order valence-corrected chi connectivity index (χ4v) is 1.99. The van der Waals surface area contributed by atoms with Crippen LogP contribution in [-0.2, 0) is 4.74 Å². The third-order valence-electron chi connectivity index (χ3n) is 2.57. The van der Waals surface area contributed by atoms with Crippen LogP contribution < -0.4 is 0 Å². The van der Waals surface area contributed by atoms with Crippen molar-refractivity contribution < 1.29 is 17.9 Å². The van der Waals surface area contributed by atoms with E-state index in [1.807, 2.05) is 11.8 Å². The summed E-state index contributed by atoms with van der Waals surface area (Å²) in [5.41, 5.74) is 0. The molecule has 0 N–H and O–H groups in total. The summed E-state index contributed by atoms with van der Waals surface area (Å²) >= 11 is 2.68. The number of nitrogens with zero attached hydrogens (tertiary/aromatic N) is 1. The maximum Gasteiger partial charge on any atom is 0.402 e. The van der Waals surface area contributed by atoms with Gasteiger partial charge in [-0.25, -0.2) is 0 Å². The standard InChI is InChI=1S/C9H15BrF3NO/c1-2-7-6-15-4-3-14(7)5-8(10)9(11,12)13/h7-8H,2-6H2,1H3. The largest absolute Gasteiger partial charge is 0.402 e. The number of morpholine rings is 1. The lowest BCUT2D eigenvalue weighted by atomic mass is 10.1. The molecule has 0 aromatic rings. The lowest BCUT2D eigenvalue weighted by Gasteiger charge is -2.36. The molecule has 0 radical (unpaired) electrons. The molecule has 0 saturated carbocycles. The van der Waals surface area contributed by atoms with E-state index in [9.17, 15) is 13.2 Å². The van der Waals surface area contributed by atoms with E-state index in [4.69, 9.17) is 4.74 Å². The van der Waals surface area contributed by atoms with Gasteiger partial charge in [0.15, 0.2) is 0 Å². The Bertz CT molecular complexity index is 200. The molecule has 0 aromatic carbocycles. The average molecular weight is 290 g/mol. The fraction of sp³-hybridized carbons (Fsp3) is 1.00. The molecule has 90 valence electrons. The van der Waals surface area contributed by atoms with E-state index in [-0.39, 0.29) is 12.6 Å². The second-order valence-electron chi connectivity index (χ2n) is 3.64. The van der Waals surface area contributed by atoms with Gasteiger partial charge in [0.1, 0.15) is 4.83 Å². The molecule has 0 amide bonds. The van der Waals surface area contributed by atoms with Crippen LogP contribution in [0.5, 0.6) is 0 Å². The first-order valence-electron chi connectivity index (χ1n) is 4.97. The summed E-state index contributed by atoms with van der Waals surface area (Å²) in [6, 6.07) is 0.112. The smallest absolute Gasteiger partial charge is 0.378 e. The van der Waals surface area contributed by atoms with Crippen LogP contribution in [0.2, 0.25) is 0 Å². The van der Waals surface area contributed by atoms with Crippen molar-refractivity contribution >= 4 is 15.9 Å². The van der Waals surface area contributed by atoms with Gasteiger partial charge in [0.2, 0.25) is 0 Å². The summed E-state index contributed by atoms with van der Waals surface area (Å²) in [6.07, 6.45) is -3.35. The topological polar surface area (TPSA) is 12.5 Å². The highest BCUT2D eigenvalue weighted by atomic mass is 79.9. The number of rotatable bonds is 3. The van der Waals surface area contributed by atoms with E-state index >= 15 is 0 Å². The molecule has 15 heavy (non-hydrogen) atoms. The second-order valence-corrected chi connectivity index (χ2v) is 4.75. The van der Waals surface area contributed by atoms with E-state index in [0.717, 1.165) is 6.42 Å². The van der Waals surface area contributed by atoms with Crippen LogP contribution in [0.15, 0.2) is 0 Å². The van der Waals surface area contributed by atoms with E-state index in [0.29, 0.717) is 19.8 Å². The number of hydrogen-bond donors (Lipinski definition) is 0. The van der Waals surface area contributed by atoms with E-state index in [1.54, 1.807) is 0 Å². The third kappa shape index (κ3) is 3.92. The van der Waals surface area contributed by atoms with Crippen LogP contribution in [0, 0.1) is 0 Å². The lowest BCUT2D eigenvalue weighted by molar-refractivity contribution is -0.135. The van der Waals surface area contributed by atoms with E-state index in [2.05, 4.69) is 15.9 Å². The lowest BCUT2D eigenvalue weighted by Crippen LogP contribution is -2.49. The van der Waals surface area contributed by atoms with Crippen molar-refractivity contribution in [2.24, 2.45) is 0 Å². The van der Waals surface area contributed by atoms with Gasteiger partial charge in [-0.2, -0.15) is 13.2 Å². The first kappa shape index (κ1) is 13.3. The van der Waals surface area contributed by atoms with Crippen LogP contribution in [0.4, 0.5) is 13.2 Å². The quantitative estimate of drug-likeness (QED) is 0.740.